The second-order valence-electron chi connectivity index (χ2n) is 5.88. The van der Waals surface area contributed by atoms with Crippen molar-refractivity contribution in [3.63, 3.8) is 0 Å². The zero-order chi connectivity index (χ0) is 15.2. The first-order chi connectivity index (χ1) is 10.2. The average molecular weight is 292 g/mol. The Kier molecular flexibility index (Phi) is 5.88. The molecule has 1 aliphatic heterocycles. The van der Waals surface area contributed by atoms with E-state index >= 15 is 0 Å². The van der Waals surface area contributed by atoms with E-state index in [9.17, 15) is 0 Å². The number of methoxy groups -OCH3 is 2. The van der Waals surface area contributed by atoms with E-state index in [1.54, 1.807) is 14.2 Å². The summed E-state index contributed by atoms with van der Waals surface area (Å²) in [7, 11) is 5.54. The van der Waals surface area contributed by atoms with Gasteiger partial charge in [0.05, 0.1) is 14.2 Å². The van der Waals surface area contributed by atoms with Crippen LogP contribution in [0.5, 0.6) is 11.5 Å². The number of piperidine rings is 1. The van der Waals surface area contributed by atoms with Gasteiger partial charge in [0.15, 0.2) is 11.5 Å². The molecule has 0 bridgehead atoms. The lowest BCUT2D eigenvalue weighted by Gasteiger charge is -2.32. The highest BCUT2D eigenvalue weighted by molar-refractivity contribution is 5.43. The summed E-state index contributed by atoms with van der Waals surface area (Å²) in [5, 5.41) is 3.61. The summed E-state index contributed by atoms with van der Waals surface area (Å²) in [6, 6.07) is 7.16. The van der Waals surface area contributed by atoms with E-state index in [-0.39, 0.29) is 0 Å². The Hall–Kier alpha value is -1.26. The highest BCUT2D eigenvalue weighted by Gasteiger charge is 2.19. The molecular formula is C17H28N2O2. The van der Waals surface area contributed by atoms with Crippen LogP contribution in [0.4, 0.5) is 0 Å². The topological polar surface area (TPSA) is 33.7 Å². The molecule has 118 valence electrons. The van der Waals surface area contributed by atoms with Gasteiger partial charge in [-0.2, -0.15) is 0 Å². The Bertz CT molecular complexity index is 444. The Morgan fingerprint density at radius 2 is 2.00 bits per heavy atom. The maximum atomic E-state index is 5.40. The van der Waals surface area contributed by atoms with Crippen molar-refractivity contribution >= 4 is 0 Å². The van der Waals surface area contributed by atoms with E-state index in [2.05, 4.69) is 36.3 Å². The molecule has 0 aliphatic carbocycles. The van der Waals surface area contributed by atoms with E-state index < -0.39 is 0 Å². The molecule has 1 aliphatic rings. The van der Waals surface area contributed by atoms with E-state index in [4.69, 9.17) is 9.47 Å². The summed E-state index contributed by atoms with van der Waals surface area (Å²) in [6.07, 6.45) is 3.94. The molecule has 1 N–H and O–H groups in total. The van der Waals surface area contributed by atoms with Gasteiger partial charge in [-0.15, -0.1) is 0 Å². The minimum absolute atomic E-state index is 0.355. The molecule has 0 saturated carbocycles. The van der Waals surface area contributed by atoms with Gasteiger partial charge >= 0.3 is 0 Å². The molecule has 2 rings (SSSR count). The molecule has 1 fully saturated rings. The van der Waals surface area contributed by atoms with E-state index in [0.29, 0.717) is 12.1 Å². The Labute approximate surface area is 128 Å². The van der Waals surface area contributed by atoms with Crippen LogP contribution in [0.1, 0.15) is 37.8 Å². The lowest BCUT2D eigenvalue weighted by atomic mass is 10.0. The van der Waals surface area contributed by atoms with Gasteiger partial charge in [-0.25, -0.2) is 0 Å². The van der Waals surface area contributed by atoms with Gasteiger partial charge < -0.3 is 14.8 Å². The quantitative estimate of drug-likeness (QED) is 0.874. The molecule has 0 radical (unpaired) electrons. The fraction of sp³-hybridized carbons (Fsp3) is 0.647. The third kappa shape index (κ3) is 4.11. The van der Waals surface area contributed by atoms with Gasteiger partial charge in [0.1, 0.15) is 0 Å². The molecule has 1 saturated heterocycles. The minimum Gasteiger partial charge on any atom is -0.493 e. The molecule has 1 aromatic carbocycles. The standard InChI is InChI=1S/C17H28N2O2/c1-13(19(2)12-15-7-5-6-10-18-15)14-8-9-16(20-3)17(11-14)21-4/h8-9,11,13,15,18H,5-7,10,12H2,1-4H3. The second-order valence-corrected chi connectivity index (χ2v) is 5.88. The number of nitrogens with zero attached hydrogens (tertiary/aromatic N) is 1. The maximum absolute atomic E-state index is 5.40. The van der Waals surface area contributed by atoms with Gasteiger partial charge in [0.25, 0.3) is 0 Å². The second kappa shape index (κ2) is 7.66. The van der Waals surface area contributed by atoms with Crippen LogP contribution < -0.4 is 14.8 Å². The largest absolute Gasteiger partial charge is 0.493 e. The minimum atomic E-state index is 0.355. The third-order valence-electron chi connectivity index (χ3n) is 4.47. The number of likely N-dealkylation sites (N-methyl/N-ethyl adjacent to an activating group) is 1. The Morgan fingerprint density at radius 3 is 2.62 bits per heavy atom. The number of hydrogen-bond acceptors (Lipinski definition) is 4. The number of benzene rings is 1. The fourth-order valence-electron chi connectivity index (χ4n) is 2.95. The summed E-state index contributed by atoms with van der Waals surface area (Å²) in [6.45, 7) is 4.48. The zero-order valence-corrected chi connectivity index (χ0v) is 13.7. The molecule has 2 unspecified atom stereocenters. The summed E-state index contributed by atoms with van der Waals surface area (Å²) in [4.78, 5) is 2.41. The van der Waals surface area contributed by atoms with Crippen molar-refractivity contribution in [1.29, 1.82) is 0 Å². The van der Waals surface area contributed by atoms with E-state index in [0.717, 1.165) is 24.6 Å². The molecule has 0 aromatic heterocycles. The first-order valence-corrected chi connectivity index (χ1v) is 7.81. The monoisotopic (exact) mass is 292 g/mol. The zero-order valence-electron chi connectivity index (χ0n) is 13.7. The smallest absolute Gasteiger partial charge is 0.161 e. The SMILES string of the molecule is COc1ccc(C(C)N(C)CC2CCCCN2)cc1OC. The molecule has 4 heteroatoms. The lowest BCUT2D eigenvalue weighted by Crippen LogP contribution is -2.43. The molecule has 1 aromatic rings. The predicted octanol–water partition coefficient (Wildman–Crippen LogP) is 2.84. The molecular weight excluding hydrogens is 264 g/mol. The van der Waals surface area contributed by atoms with Crippen LogP contribution in [-0.2, 0) is 0 Å². The van der Waals surface area contributed by atoms with Crippen molar-refractivity contribution < 1.29 is 9.47 Å². The van der Waals surface area contributed by atoms with Crippen molar-refractivity contribution in [2.75, 3.05) is 34.4 Å². The van der Waals surface area contributed by atoms with Crippen molar-refractivity contribution in [3.8, 4) is 11.5 Å². The molecule has 0 amide bonds. The van der Waals surface area contributed by atoms with E-state index in [1.165, 1.54) is 24.8 Å². The molecule has 21 heavy (non-hydrogen) atoms. The maximum Gasteiger partial charge on any atom is 0.161 e. The van der Waals surface area contributed by atoms with Crippen LogP contribution in [0.3, 0.4) is 0 Å². The van der Waals surface area contributed by atoms with Crippen LogP contribution in [0.25, 0.3) is 0 Å². The molecule has 2 atom stereocenters. The fourth-order valence-corrected chi connectivity index (χ4v) is 2.95. The number of ether oxygens (including phenoxy) is 2. The van der Waals surface area contributed by atoms with Crippen molar-refractivity contribution in [2.45, 2.75) is 38.3 Å². The van der Waals surface area contributed by atoms with Crippen LogP contribution in [0.15, 0.2) is 18.2 Å². The average Bonchev–Trinajstić information content (AvgIpc) is 2.54. The Morgan fingerprint density at radius 1 is 1.24 bits per heavy atom. The summed E-state index contributed by atoms with van der Waals surface area (Å²) >= 11 is 0. The van der Waals surface area contributed by atoms with Crippen molar-refractivity contribution in [1.82, 2.24) is 10.2 Å². The van der Waals surface area contributed by atoms with Crippen LogP contribution in [-0.4, -0.2) is 45.3 Å². The van der Waals surface area contributed by atoms with Crippen LogP contribution in [0, 0.1) is 0 Å². The van der Waals surface area contributed by atoms with Crippen molar-refractivity contribution in [3.05, 3.63) is 23.8 Å². The molecule has 0 spiro atoms. The number of hydrogen-bond donors (Lipinski definition) is 1. The highest BCUT2D eigenvalue weighted by Crippen LogP contribution is 2.31. The van der Waals surface area contributed by atoms with Gasteiger partial charge in [0, 0.05) is 18.6 Å². The first kappa shape index (κ1) is 16.1. The third-order valence-corrected chi connectivity index (χ3v) is 4.47. The van der Waals surface area contributed by atoms with Crippen LogP contribution >= 0.6 is 0 Å². The van der Waals surface area contributed by atoms with Crippen LogP contribution in [0.2, 0.25) is 0 Å². The normalized spacial score (nSPS) is 20.3. The predicted molar refractivity (Wildman–Crippen MR) is 86.2 cm³/mol. The van der Waals surface area contributed by atoms with Gasteiger partial charge in [-0.1, -0.05) is 12.5 Å². The van der Waals surface area contributed by atoms with Gasteiger partial charge in [-0.05, 0) is 51.1 Å². The number of rotatable bonds is 6. The molecule has 4 nitrogen and oxygen atoms in total. The summed E-state index contributed by atoms with van der Waals surface area (Å²) in [5.74, 6) is 1.58. The highest BCUT2D eigenvalue weighted by atomic mass is 16.5. The lowest BCUT2D eigenvalue weighted by molar-refractivity contribution is 0.214. The molecule has 1 heterocycles. The Balaban J connectivity index is 2.02. The van der Waals surface area contributed by atoms with Gasteiger partial charge in [0.2, 0.25) is 0 Å². The summed E-state index contributed by atoms with van der Waals surface area (Å²) in [5.41, 5.74) is 1.26. The van der Waals surface area contributed by atoms with Gasteiger partial charge in [-0.3, -0.25) is 4.90 Å². The first-order valence-electron chi connectivity index (χ1n) is 7.81. The summed E-state index contributed by atoms with van der Waals surface area (Å²) < 4.78 is 10.7. The van der Waals surface area contributed by atoms with Crippen molar-refractivity contribution in [2.24, 2.45) is 0 Å². The van der Waals surface area contributed by atoms with E-state index in [1.807, 2.05) is 6.07 Å². The number of nitrogens with one attached hydrogen (secondary N) is 1.